The zero-order valence-electron chi connectivity index (χ0n) is 12.2. The summed E-state index contributed by atoms with van der Waals surface area (Å²) in [7, 11) is 1.67. The van der Waals surface area contributed by atoms with E-state index in [0.717, 1.165) is 22.6 Å². The van der Waals surface area contributed by atoms with Crippen LogP contribution in [0.2, 0.25) is 0 Å². The molecular formula is C17H21NO2. The third kappa shape index (κ3) is 3.31. The number of hydrogen-bond acceptors (Lipinski definition) is 3. The van der Waals surface area contributed by atoms with Crippen molar-refractivity contribution < 1.29 is 9.47 Å². The number of benzene rings is 2. The molecule has 0 heterocycles. The molecule has 0 saturated carbocycles. The molecule has 0 saturated heterocycles. The molecule has 2 aromatic carbocycles. The van der Waals surface area contributed by atoms with E-state index in [1.807, 2.05) is 43.3 Å². The quantitative estimate of drug-likeness (QED) is 0.903. The summed E-state index contributed by atoms with van der Waals surface area (Å²) in [6.45, 7) is 4.48. The zero-order valence-corrected chi connectivity index (χ0v) is 12.2. The maximum Gasteiger partial charge on any atom is 0.125 e. The van der Waals surface area contributed by atoms with Crippen LogP contribution >= 0.6 is 0 Å². The predicted molar refractivity (Wildman–Crippen MR) is 81.1 cm³/mol. The molecule has 2 aromatic rings. The number of para-hydroxylation sites is 1. The van der Waals surface area contributed by atoms with Gasteiger partial charge >= 0.3 is 0 Å². The van der Waals surface area contributed by atoms with Crippen molar-refractivity contribution in [3.63, 3.8) is 0 Å². The minimum Gasteiger partial charge on any atom is -0.496 e. The zero-order chi connectivity index (χ0) is 14.5. The fourth-order valence-electron chi connectivity index (χ4n) is 2.16. The largest absolute Gasteiger partial charge is 0.496 e. The first-order chi connectivity index (χ1) is 9.61. The van der Waals surface area contributed by atoms with Crippen molar-refractivity contribution >= 4 is 0 Å². The lowest BCUT2D eigenvalue weighted by Crippen LogP contribution is -2.08. The lowest BCUT2D eigenvalue weighted by molar-refractivity contribution is 0.292. The van der Waals surface area contributed by atoms with Crippen LogP contribution in [0, 0.1) is 6.92 Å². The number of nitrogens with two attached hydrogens (primary N) is 1. The second-order valence-electron chi connectivity index (χ2n) is 4.93. The highest BCUT2D eigenvalue weighted by molar-refractivity contribution is 5.38. The van der Waals surface area contributed by atoms with Crippen molar-refractivity contribution in [2.45, 2.75) is 26.5 Å². The second-order valence-corrected chi connectivity index (χ2v) is 4.93. The van der Waals surface area contributed by atoms with E-state index in [-0.39, 0.29) is 6.04 Å². The lowest BCUT2D eigenvalue weighted by Gasteiger charge is -2.15. The standard InChI is InChI=1S/C17H21NO2/c1-12-8-9-16(19-3)14(10-12)11-20-17-7-5-4-6-15(17)13(2)18/h4-10,13H,11,18H2,1-3H3/t13-/m1/s1. The van der Waals surface area contributed by atoms with Crippen molar-refractivity contribution in [1.82, 2.24) is 0 Å². The molecule has 0 radical (unpaired) electrons. The van der Waals surface area contributed by atoms with Crippen LogP contribution in [0.15, 0.2) is 42.5 Å². The second kappa shape index (κ2) is 6.44. The number of rotatable bonds is 5. The lowest BCUT2D eigenvalue weighted by atomic mass is 10.1. The summed E-state index contributed by atoms with van der Waals surface area (Å²) >= 11 is 0. The van der Waals surface area contributed by atoms with Gasteiger partial charge in [0.2, 0.25) is 0 Å². The molecule has 0 aliphatic heterocycles. The summed E-state index contributed by atoms with van der Waals surface area (Å²) < 4.78 is 11.3. The summed E-state index contributed by atoms with van der Waals surface area (Å²) in [4.78, 5) is 0. The number of methoxy groups -OCH3 is 1. The Morgan fingerprint density at radius 3 is 2.55 bits per heavy atom. The van der Waals surface area contributed by atoms with E-state index in [1.54, 1.807) is 7.11 Å². The highest BCUT2D eigenvalue weighted by atomic mass is 16.5. The van der Waals surface area contributed by atoms with Gasteiger partial charge in [-0.2, -0.15) is 0 Å². The molecule has 3 nitrogen and oxygen atoms in total. The number of hydrogen-bond donors (Lipinski definition) is 1. The van der Waals surface area contributed by atoms with E-state index in [4.69, 9.17) is 15.2 Å². The summed E-state index contributed by atoms with van der Waals surface area (Å²) in [5.74, 6) is 1.67. The van der Waals surface area contributed by atoms with Crippen LogP contribution in [0.4, 0.5) is 0 Å². The smallest absolute Gasteiger partial charge is 0.125 e. The van der Waals surface area contributed by atoms with Gasteiger partial charge in [0.05, 0.1) is 7.11 Å². The Balaban J connectivity index is 2.19. The summed E-state index contributed by atoms with van der Waals surface area (Å²) in [6, 6.07) is 13.9. The normalized spacial score (nSPS) is 12.0. The SMILES string of the molecule is COc1ccc(C)cc1COc1ccccc1[C@@H](C)N. The van der Waals surface area contributed by atoms with Gasteiger partial charge in [-0.05, 0) is 32.0 Å². The molecule has 0 bridgehead atoms. The van der Waals surface area contributed by atoms with E-state index >= 15 is 0 Å². The van der Waals surface area contributed by atoms with Gasteiger partial charge < -0.3 is 15.2 Å². The molecule has 0 spiro atoms. The molecule has 3 heteroatoms. The minimum absolute atomic E-state index is 0.0504. The molecule has 2 N–H and O–H groups in total. The molecule has 106 valence electrons. The van der Waals surface area contributed by atoms with Gasteiger partial charge in [-0.3, -0.25) is 0 Å². The van der Waals surface area contributed by atoms with Gasteiger partial charge in [0.15, 0.2) is 0 Å². The van der Waals surface area contributed by atoms with Crippen LogP contribution < -0.4 is 15.2 Å². The average molecular weight is 271 g/mol. The van der Waals surface area contributed by atoms with Gasteiger partial charge in [-0.1, -0.05) is 29.8 Å². The fourth-order valence-corrected chi connectivity index (χ4v) is 2.16. The first-order valence-corrected chi connectivity index (χ1v) is 6.72. The van der Waals surface area contributed by atoms with Crippen molar-refractivity contribution in [2.75, 3.05) is 7.11 Å². The molecule has 0 amide bonds. The third-order valence-corrected chi connectivity index (χ3v) is 3.23. The monoisotopic (exact) mass is 271 g/mol. The van der Waals surface area contributed by atoms with Gasteiger partial charge in [0, 0.05) is 17.2 Å². The highest BCUT2D eigenvalue weighted by Gasteiger charge is 2.09. The summed E-state index contributed by atoms with van der Waals surface area (Å²) in [6.07, 6.45) is 0. The first-order valence-electron chi connectivity index (χ1n) is 6.72. The molecule has 0 unspecified atom stereocenters. The number of ether oxygens (including phenoxy) is 2. The highest BCUT2D eigenvalue weighted by Crippen LogP contribution is 2.26. The van der Waals surface area contributed by atoms with Gasteiger partial charge in [0.1, 0.15) is 18.1 Å². The Kier molecular flexibility index (Phi) is 4.64. The maximum absolute atomic E-state index is 5.96. The van der Waals surface area contributed by atoms with Gasteiger partial charge in [0.25, 0.3) is 0 Å². The molecular weight excluding hydrogens is 250 g/mol. The Bertz CT molecular complexity index is 579. The predicted octanol–water partition coefficient (Wildman–Crippen LogP) is 3.60. The third-order valence-electron chi connectivity index (χ3n) is 3.23. The fraction of sp³-hybridized carbons (Fsp3) is 0.294. The Morgan fingerprint density at radius 1 is 1.10 bits per heavy atom. The van der Waals surface area contributed by atoms with E-state index in [1.165, 1.54) is 5.56 Å². The van der Waals surface area contributed by atoms with Crippen molar-refractivity contribution in [3.8, 4) is 11.5 Å². The summed E-state index contributed by atoms with van der Waals surface area (Å²) in [5.41, 5.74) is 9.19. The first kappa shape index (κ1) is 14.4. The van der Waals surface area contributed by atoms with Crippen LogP contribution in [0.3, 0.4) is 0 Å². The average Bonchev–Trinajstić information content (AvgIpc) is 2.45. The molecule has 1 atom stereocenters. The van der Waals surface area contributed by atoms with E-state index in [9.17, 15) is 0 Å². The Morgan fingerprint density at radius 2 is 1.85 bits per heavy atom. The summed E-state index contributed by atoms with van der Waals surface area (Å²) in [5, 5.41) is 0. The van der Waals surface area contributed by atoms with Crippen LogP contribution in [0.1, 0.15) is 29.7 Å². The Hall–Kier alpha value is -2.00. The van der Waals surface area contributed by atoms with E-state index < -0.39 is 0 Å². The van der Waals surface area contributed by atoms with E-state index in [2.05, 4.69) is 13.0 Å². The van der Waals surface area contributed by atoms with Crippen LogP contribution in [0.25, 0.3) is 0 Å². The molecule has 20 heavy (non-hydrogen) atoms. The maximum atomic E-state index is 5.96. The molecule has 0 aromatic heterocycles. The van der Waals surface area contributed by atoms with Crippen molar-refractivity contribution in [3.05, 3.63) is 59.2 Å². The van der Waals surface area contributed by atoms with Gasteiger partial charge in [-0.15, -0.1) is 0 Å². The van der Waals surface area contributed by atoms with Crippen molar-refractivity contribution in [1.29, 1.82) is 0 Å². The molecule has 0 aliphatic carbocycles. The van der Waals surface area contributed by atoms with Crippen LogP contribution in [-0.2, 0) is 6.61 Å². The molecule has 2 rings (SSSR count). The van der Waals surface area contributed by atoms with Crippen LogP contribution in [-0.4, -0.2) is 7.11 Å². The minimum atomic E-state index is -0.0504. The van der Waals surface area contributed by atoms with E-state index in [0.29, 0.717) is 6.61 Å². The molecule has 0 fully saturated rings. The number of aryl methyl sites for hydroxylation is 1. The Labute approximate surface area is 120 Å². The van der Waals surface area contributed by atoms with Gasteiger partial charge in [-0.25, -0.2) is 0 Å². The topological polar surface area (TPSA) is 44.5 Å². The van der Waals surface area contributed by atoms with Crippen LogP contribution in [0.5, 0.6) is 11.5 Å². The molecule has 0 aliphatic rings. The van der Waals surface area contributed by atoms with Crippen molar-refractivity contribution in [2.24, 2.45) is 5.73 Å².